The molecule has 1 unspecified atom stereocenters. The second kappa shape index (κ2) is 7.53. The number of ether oxygens (including phenoxy) is 1. The largest absolute Gasteiger partial charge is 0.496 e. The van der Waals surface area contributed by atoms with E-state index in [0.29, 0.717) is 5.02 Å². The number of para-hydroxylation sites is 1. The number of aromatic nitrogens is 1. The maximum absolute atomic E-state index is 6.13. The lowest BCUT2D eigenvalue weighted by molar-refractivity contribution is 0.404. The summed E-state index contributed by atoms with van der Waals surface area (Å²) in [5.41, 5.74) is 1.14. The summed E-state index contributed by atoms with van der Waals surface area (Å²) >= 11 is 7.76. The number of hydrogen-bond acceptors (Lipinski definition) is 4. The van der Waals surface area contributed by atoms with E-state index in [4.69, 9.17) is 16.3 Å². The van der Waals surface area contributed by atoms with Crippen molar-refractivity contribution in [2.75, 3.05) is 19.9 Å². The Kier molecular flexibility index (Phi) is 5.71. The molecule has 2 aromatic rings. The molecule has 3 nitrogen and oxygen atoms in total. The zero-order chi connectivity index (χ0) is 14.4. The van der Waals surface area contributed by atoms with E-state index in [9.17, 15) is 0 Å². The molecule has 0 saturated carbocycles. The van der Waals surface area contributed by atoms with E-state index < -0.39 is 0 Å². The highest BCUT2D eigenvalue weighted by Gasteiger charge is 2.15. The quantitative estimate of drug-likeness (QED) is 0.823. The van der Waals surface area contributed by atoms with Gasteiger partial charge in [0.15, 0.2) is 0 Å². The summed E-state index contributed by atoms with van der Waals surface area (Å²) in [6.45, 7) is 0. The molecule has 0 aliphatic rings. The average molecular weight is 309 g/mol. The highest BCUT2D eigenvalue weighted by Crippen LogP contribution is 2.31. The van der Waals surface area contributed by atoms with Crippen molar-refractivity contribution in [3.63, 3.8) is 0 Å². The van der Waals surface area contributed by atoms with E-state index in [2.05, 4.69) is 16.4 Å². The fraction of sp³-hybridized carbons (Fsp3) is 0.267. The van der Waals surface area contributed by atoms with Gasteiger partial charge in [0.2, 0.25) is 0 Å². The standard InChI is InChI=1S/C15H17ClN2OS/c1-17-13(11-6-3-4-8-14(11)19-2)10-20-15-12(16)7-5-9-18-15/h3-9,13,17H,10H2,1-2H3. The van der Waals surface area contributed by atoms with Gasteiger partial charge in [-0.1, -0.05) is 29.8 Å². The van der Waals surface area contributed by atoms with Crippen molar-refractivity contribution in [2.45, 2.75) is 11.1 Å². The summed E-state index contributed by atoms with van der Waals surface area (Å²) in [6.07, 6.45) is 1.76. The number of rotatable bonds is 6. The van der Waals surface area contributed by atoms with Gasteiger partial charge in [0.1, 0.15) is 10.8 Å². The van der Waals surface area contributed by atoms with E-state index >= 15 is 0 Å². The van der Waals surface area contributed by atoms with E-state index in [1.807, 2.05) is 37.4 Å². The first-order valence-corrected chi connectivity index (χ1v) is 7.66. The molecule has 0 aliphatic heterocycles. The Hall–Kier alpha value is -1.23. The SMILES string of the molecule is CNC(CSc1ncccc1Cl)c1ccccc1OC. The van der Waals surface area contributed by atoms with Crippen LogP contribution in [0.15, 0.2) is 47.6 Å². The van der Waals surface area contributed by atoms with Crippen molar-refractivity contribution in [2.24, 2.45) is 0 Å². The van der Waals surface area contributed by atoms with Crippen molar-refractivity contribution in [3.8, 4) is 5.75 Å². The zero-order valence-electron chi connectivity index (χ0n) is 11.5. The number of nitrogens with zero attached hydrogens (tertiary/aromatic N) is 1. The molecule has 106 valence electrons. The number of halogens is 1. The smallest absolute Gasteiger partial charge is 0.123 e. The number of nitrogens with one attached hydrogen (secondary N) is 1. The van der Waals surface area contributed by atoms with Crippen LogP contribution in [0.1, 0.15) is 11.6 Å². The average Bonchev–Trinajstić information content (AvgIpc) is 2.50. The van der Waals surface area contributed by atoms with E-state index in [0.717, 1.165) is 22.1 Å². The lowest BCUT2D eigenvalue weighted by Crippen LogP contribution is -2.19. The van der Waals surface area contributed by atoms with Crippen LogP contribution in [0.4, 0.5) is 0 Å². The van der Waals surface area contributed by atoms with Crippen molar-refractivity contribution in [1.82, 2.24) is 10.3 Å². The summed E-state index contributed by atoms with van der Waals surface area (Å²) in [6, 6.07) is 11.9. The fourth-order valence-electron chi connectivity index (χ4n) is 1.92. The van der Waals surface area contributed by atoms with Crippen LogP contribution in [0, 0.1) is 0 Å². The van der Waals surface area contributed by atoms with E-state index in [-0.39, 0.29) is 6.04 Å². The normalized spacial score (nSPS) is 12.2. The van der Waals surface area contributed by atoms with Crippen LogP contribution in [0.25, 0.3) is 0 Å². The molecule has 2 rings (SSSR count). The monoisotopic (exact) mass is 308 g/mol. The molecule has 0 amide bonds. The molecule has 1 N–H and O–H groups in total. The second-order valence-electron chi connectivity index (χ2n) is 4.18. The Morgan fingerprint density at radius 3 is 2.80 bits per heavy atom. The molecule has 20 heavy (non-hydrogen) atoms. The minimum atomic E-state index is 0.175. The fourth-order valence-corrected chi connectivity index (χ4v) is 3.22. The first-order chi connectivity index (χ1) is 9.76. The first-order valence-electron chi connectivity index (χ1n) is 6.29. The highest BCUT2D eigenvalue weighted by molar-refractivity contribution is 7.99. The third kappa shape index (κ3) is 3.66. The predicted octanol–water partition coefficient (Wildman–Crippen LogP) is 3.80. The van der Waals surface area contributed by atoms with Crippen LogP contribution in [0.2, 0.25) is 5.02 Å². The van der Waals surface area contributed by atoms with Gasteiger partial charge in [0.25, 0.3) is 0 Å². The van der Waals surface area contributed by atoms with Gasteiger partial charge in [-0.3, -0.25) is 0 Å². The number of pyridine rings is 1. The molecule has 0 fully saturated rings. The summed E-state index contributed by atoms with van der Waals surface area (Å²) in [7, 11) is 3.63. The van der Waals surface area contributed by atoms with Crippen LogP contribution in [0.3, 0.4) is 0 Å². The van der Waals surface area contributed by atoms with Crippen LogP contribution in [0.5, 0.6) is 5.75 Å². The van der Waals surface area contributed by atoms with E-state index in [1.165, 1.54) is 0 Å². The molecule has 1 atom stereocenters. The summed E-state index contributed by atoms with van der Waals surface area (Å²) in [4.78, 5) is 4.29. The van der Waals surface area contributed by atoms with Gasteiger partial charge in [0, 0.05) is 23.6 Å². The maximum Gasteiger partial charge on any atom is 0.123 e. The minimum absolute atomic E-state index is 0.175. The lowest BCUT2D eigenvalue weighted by atomic mass is 10.1. The van der Waals surface area contributed by atoms with Crippen molar-refractivity contribution in [1.29, 1.82) is 0 Å². The molecular formula is C15H17ClN2OS. The zero-order valence-corrected chi connectivity index (χ0v) is 13.0. The molecular weight excluding hydrogens is 292 g/mol. The van der Waals surface area contributed by atoms with E-state index in [1.54, 1.807) is 25.1 Å². The molecule has 0 radical (unpaired) electrons. The van der Waals surface area contributed by atoms with Crippen LogP contribution < -0.4 is 10.1 Å². The van der Waals surface area contributed by atoms with Crippen LogP contribution >= 0.6 is 23.4 Å². The second-order valence-corrected chi connectivity index (χ2v) is 5.60. The third-order valence-electron chi connectivity index (χ3n) is 2.97. The third-order valence-corrected chi connectivity index (χ3v) is 4.49. The summed E-state index contributed by atoms with van der Waals surface area (Å²) in [5.74, 6) is 1.72. The van der Waals surface area contributed by atoms with Gasteiger partial charge < -0.3 is 10.1 Å². The lowest BCUT2D eigenvalue weighted by Gasteiger charge is -2.19. The molecule has 0 saturated heterocycles. The molecule has 0 bridgehead atoms. The van der Waals surface area contributed by atoms with Gasteiger partial charge in [-0.05, 0) is 25.2 Å². The molecule has 0 spiro atoms. The molecule has 1 heterocycles. The topological polar surface area (TPSA) is 34.2 Å². The van der Waals surface area contributed by atoms with Gasteiger partial charge in [0.05, 0.1) is 12.1 Å². The van der Waals surface area contributed by atoms with Crippen molar-refractivity contribution in [3.05, 3.63) is 53.2 Å². The molecule has 5 heteroatoms. The Balaban J connectivity index is 2.11. The Bertz CT molecular complexity index is 565. The highest BCUT2D eigenvalue weighted by atomic mass is 35.5. The number of methoxy groups -OCH3 is 1. The number of thioether (sulfide) groups is 1. The summed E-state index contributed by atoms with van der Waals surface area (Å²) < 4.78 is 5.41. The molecule has 0 aliphatic carbocycles. The maximum atomic E-state index is 6.13. The van der Waals surface area contributed by atoms with Crippen LogP contribution in [-0.4, -0.2) is 24.9 Å². The van der Waals surface area contributed by atoms with Gasteiger partial charge in [-0.25, -0.2) is 4.98 Å². The van der Waals surface area contributed by atoms with Gasteiger partial charge in [-0.2, -0.15) is 0 Å². The predicted molar refractivity (Wildman–Crippen MR) is 84.8 cm³/mol. The van der Waals surface area contributed by atoms with Crippen molar-refractivity contribution < 1.29 is 4.74 Å². The Morgan fingerprint density at radius 1 is 1.30 bits per heavy atom. The first kappa shape index (κ1) is 15.2. The Labute approximate surface area is 128 Å². The van der Waals surface area contributed by atoms with Crippen molar-refractivity contribution >= 4 is 23.4 Å². The Morgan fingerprint density at radius 2 is 2.10 bits per heavy atom. The minimum Gasteiger partial charge on any atom is -0.496 e. The number of hydrogen-bond donors (Lipinski definition) is 1. The number of benzene rings is 1. The molecule has 1 aromatic carbocycles. The molecule has 1 aromatic heterocycles. The van der Waals surface area contributed by atoms with Gasteiger partial charge >= 0.3 is 0 Å². The van der Waals surface area contributed by atoms with Crippen LogP contribution in [-0.2, 0) is 0 Å². The summed E-state index contributed by atoms with van der Waals surface area (Å²) in [5, 5.41) is 4.85. The van der Waals surface area contributed by atoms with Gasteiger partial charge in [-0.15, -0.1) is 11.8 Å².